The van der Waals surface area contributed by atoms with Crippen molar-refractivity contribution in [1.82, 2.24) is 0 Å². The topological polar surface area (TPSA) is 59.0 Å². The van der Waals surface area contributed by atoms with Gasteiger partial charge in [0.1, 0.15) is 6.61 Å². The Kier molecular flexibility index (Phi) is 3.86. The van der Waals surface area contributed by atoms with Gasteiger partial charge in [0.2, 0.25) is 0 Å². The molecule has 0 saturated carbocycles. The van der Waals surface area contributed by atoms with Crippen LogP contribution < -0.4 is 10.5 Å². The van der Waals surface area contributed by atoms with Crippen molar-refractivity contribution in [2.24, 2.45) is 0 Å². The monoisotopic (exact) mass is 356 g/mol. The Balaban J connectivity index is 2.19. The van der Waals surface area contributed by atoms with Crippen LogP contribution in [-0.4, -0.2) is 0 Å². The largest absolute Gasteiger partial charge is 0.486 e. The number of hydrogen-bond acceptors (Lipinski definition) is 4. The predicted octanol–water partition coefficient (Wildman–Crippen LogP) is 3.39. The number of thiophene rings is 1. The van der Waals surface area contributed by atoms with E-state index in [9.17, 15) is 0 Å². The molecule has 0 radical (unpaired) electrons. The van der Waals surface area contributed by atoms with Crippen LogP contribution in [-0.2, 0) is 6.61 Å². The highest BCUT2D eigenvalue weighted by atomic mass is 127. The highest BCUT2D eigenvalue weighted by molar-refractivity contribution is 14.1. The Morgan fingerprint density at radius 1 is 1.47 bits per heavy atom. The second kappa shape index (κ2) is 5.38. The Bertz CT molecular complexity index is 537. The average molecular weight is 356 g/mol. The number of halogens is 1. The fourth-order valence-corrected chi connectivity index (χ4v) is 2.82. The third-order valence-electron chi connectivity index (χ3n) is 2.16. The molecule has 5 heteroatoms. The van der Waals surface area contributed by atoms with Crippen LogP contribution in [0.25, 0.3) is 0 Å². The average Bonchev–Trinajstić information content (AvgIpc) is 2.80. The van der Waals surface area contributed by atoms with Crippen LogP contribution >= 0.6 is 33.9 Å². The summed E-state index contributed by atoms with van der Waals surface area (Å²) >= 11 is 3.76. The molecule has 17 heavy (non-hydrogen) atoms. The van der Waals surface area contributed by atoms with Gasteiger partial charge in [-0.25, -0.2) is 0 Å². The quantitative estimate of drug-likeness (QED) is 0.678. The van der Waals surface area contributed by atoms with E-state index in [1.54, 1.807) is 23.5 Å². The van der Waals surface area contributed by atoms with Gasteiger partial charge in [-0.3, -0.25) is 0 Å². The first-order valence-corrected chi connectivity index (χ1v) is 6.86. The van der Waals surface area contributed by atoms with Gasteiger partial charge in [-0.05, 0) is 57.1 Å². The molecule has 0 saturated heterocycles. The van der Waals surface area contributed by atoms with Crippen molar-refractivity contribution in [3.05, 3.63) is 43.7 Å². The molecule has 0 aliphatic heterocycles. The van der Waals surface area contributed by atoms with Crippen LogP contribution in [0.5, 0.6) is 5.75 Å². The summed E-state index contributed by atoms with van der Waals surface area (Å²) in [6.07, 6.45) is 0. The highest BCUT2D eigenvalue weighted by Crippen LogP contribution is 2.30. The summed E-state index contributed by atoms with van der Waals surface area (Å²) in [5.74, 6) is 0.649. The molecule has 1 aromatic carbocycles. The molecule has 0 fully saturated rings. The Morgan fingerprint density at radius 2 is 2.29 bits per heavy atom. The molecule has 0 amide bonds. The van der Waals surface area contributed by atoms with Crippen molar-refractivity contribution in [3.63, 3.8) is 0 Å². The summed E-state index contributed by atoms with van der Waals surface area (Å²) in [6.45, 7) is 0.496. The summed E-state index contributed by atoms with van der Waals surface area (Å²) in [5.41, 5.74) is 8.03. The van der Waals surface area contributed by atoms with E-state index in [1.165, 1.54) is 0 Å². The first-order valence-electron chi connectivity index (χ1n) is 4.83. The first kappa shape index (κ1) is 12.2. The van der Waals surface area contributed by atoms with E-state index in [1.807, 2.05) is 16.8 Å². The standard InChI is InChI=1S/C12H9IN2OS/c13-10-3-9(5-14)4-11(15)12(10)16-6-8-1-2-17-7-8/h1-4,7H,6,15H2. The summed E-state index contributed by atoms with van der Waals surface area (Å²) in [4.78, 5) is 0. The van der Waals surface area contributed by atoms with Crippen molar-refractivity contribution in [2.45, 2.75) is 6.61 Å². The number of nitrogens with zero attached hydrogens (tertiary/aromatic N) is 1. The minimum atomic E-state index is 0.496. The van der Waals surface area contributed by atoms with Crippen LogP contribution in [0, 0.1) is 14.9 Å². The lowest BCUT2D eigenvalue weighted by molar-refractivity contribution is 0.306. The number of anilines is 1. The van der Waals surface area contributed by atoms with Gasteiger partial charge in [0.05, 0.1) is 20.9 Å². The zero-order valence-corrected chi connectivity index (χ0v) is 11.8. The van der Waals surface area contributed by atoms with Gasteiger partial charge in [0.25, 0.3) is 0 Å². The maximum atomic E-state index is 8.81. The maximum absolute atomic E-state index is 8.81. The molecule has 1 aromatic heterocycles. The van der Waals surface area contributed by atoms with Gasteiger partial charge < -0.3 is 10.5 Å². The molecule has 0 aliphatic carbocycles. The van der Waals surface area contributed by atoms with Crippen LogP contribution in [0.15, 0.2) is 29.0 Å². The highest BCUT2D eigenvalue weighted by Gasteiger charge is 2.08. The van der Waals surface area contributed by atoms with E-state index in [4.69, 9.17) is 15.7 Å². The normalized spacial score (nSPS) is 9.88. The number of benzene rings is 1. The molecule has 86 valence electrons. The zero-order chi connectivity index (χ0) is 12.3. The minimum Gasteiger partial charge on any atom is -0.486 e. The molecule has 2 N–H and O–H groups in total. The van der Waals surface area contributed by atoms with Crippen LogP contribution in [0.2, 0.25) is 0 Å². The van der Waals surface area contributed by atoms with Gasteiger partial charge >= 0.3 is 0 Å². The van der Waals surface area contributed by atoms with Crippen LogP contribution in [0.1, 0.15) is 11.1 Å². The number of hydrogen-bond donors (Lipinski definition) is 1. The Morgan fingerprint density at radius 3 is 2.88 bits per heavy atom. The van der Waals surface area contributed by atoms with E-state index < -0.39 is 0 Å². The summed E-state index contributed by atoms with van der Waals surface area (Å²) in [5, 5.41) is 12.8. The van der Waals surface area contributed by atoms with Crippen molar-refractivity contribution in [3.8, 4) is 11.8 Å². The number of nitrogen functional groups attached to an aromatic ring is 1. The Hall–Kier alpha value is -1.26. The van der Waals surface area contributed by atoms with Crippen molar-refractivity contribution < 1.29 is 4.74 Å². The molecule has 2 rings (SSSR count). The van der Waals surface area contributed by atoms with Crippen molar-refractivity contribution in [1.29, 1.82) is 5.26 Å². The molecule has 3 nitrogen and oxygen atoms in total. The van der Waals surface area contributed by atoms with Gasteiger partial charge in [0, 0.05) is 0 Å². The fourth-order valence-electron chi connectivity index (χ4n) is 1.36. The molecule has 0 bridgehead atoms. The Labute approximate surface area is 117 Å². The lowest BCUT2D eigenvalue weighted by Crippen LogP contribution is -2.00. The van der Waals surface area contributed by atoms with Gasteiger partial charge in [0.15, 0.2) is 5.75 Å². The second-order valence-corrected chi connectivity index (χ2v) is 5.35. The van der Waals surface area contributed by atoms with Crippen molar-refractivity contribution >= 4 is 39.6 Å². The predicted molar refractivity (Wildman–Crippen MR) is 76.9 cm³/mol. The molecule has 0 unspecified atom stereocenters. The van der Waals surface area contributed by atoms with E-state index >= 15 is 0 Å². The van der Waals surface area contributed by atoms with Gasteiger partial charge in [-0.2, -0.15) is 16.6 Å². The number of rotatable bonds is 3. The van der Waals surface area contributed by atoms with Crippen LogP contribution in [0.4, 0.5) is 5.69 Å². The lowest BCUT2D eigenvalue weighted by Gasteiger charge is -2.10. The molecule has 0 atom stereocenters. The maximum Gasteiger partial charge on any atom is 0.156 e. The molecular formula is C12H9IN2OS. The third kappa shape index (κ3) is 2.90. The molecular weight excluding hydrogens is 347 g/mol. The lowest BCUT2D eigenvalue weighted by atomic mass is 10.2. The fraction of sp³-hybridized carbons (Fsp3) is 0.0833. The van der Waals surface area contributed by atoms with E-state index in [0.29, 0.717) is 23.6 Å². The molecule has 1 heterocycles. The number of nitriles is 1. The molecule has 2 aromatic rings. The van der Waals surface area contributed by atoms with E-state index in [0.717, 1.165) is 9.13 Å². The van der Waals surface area contributed by atoms with E-state index in [2.05, 4.69) is 28.7 Å². The van der Waals surface area contributed by atoms with E-state index in [-0.39, 0.29) is 0 Å². The third-order valence-corrected chi connectivity index (χ3v) is 3.70. The van der Waals surface area contributed by atoms with Crippen LogP contribution in [0.3, 0.4) is 0 Å². The zero-order valence-electron chi connectivity index (χ0n) is 8.81. The summed E-state index contributed by atoms with van der Waals surface area (Å²) < 4.78 is 6.53. The minimum absolute atomic E-state index is 0.496. The summed E-state index contributed by atoms with van der Waals surface area (Å²) in [6, 6.07) is 7.47. The summed E-state index contributed by atoms with van der Waals surface area (Å²) in [7, 11) is 0. The second-order valence-electron chi connectivity index (χ2n) is 3.41. The SMILES string of the molecule is N#Cc1cc(N)c(OCc2ccsc2)c(I)c1. The number of nitrogens with two attached hydrogens (primary N) is 1. The first-order chi connectivity index (χ1) is 8.20. The molecule has 0 aliphatic rings. The molecule has 0 spiro atoms. The smallest absolute Gasteiger partial charge is 0.156 e. The van der Waals surface area contributed by atoms with Gasteiger partial charge in [-0.1, -0.05) is 0 Å². The van der Waals surface area contributed by atoms with Crippen molar-refractivity contribution in [2.75, 3.05) is 5.73 Å². The van der Waals surface area contributed by atoms with Gasteiger partial charge in [-0.15, -0.1) is 0 Å². The number of ether oxygens (including phenoxy) is 1.